The third kappa shape index (κ3) is 5.00. The number of halogens is 3. The van der Waals surface area contributed by atoms with Crippen molar-refractivity contribution >= 4 is 17.3 Å². The summed E-state index contributed by atoms with van der Waals surface area (Å²) < 4.78 is 47.0. The van der Waals surface area contributed by atoms with E-state index in [2.05, 4.69) is 16.5 Å². The second kappa shape index (κ2) is 10.7. The number of rotatable bonds is 7. The number of anilines is 2. The van der Waals surface area contributed by atoms with Crippen LogP contribution in [-0.4, -0.2) is 64.8 Å². The van der Waals surface area contributed by atoms with Crippen LogP contribution in [0.5, 0.6) is 5.75 Å². The number of ether oxygens (including phenoxy) is 1. The number of piperidine rings is 1. The highest BCUT2D eigenvalue weighted by Crippen LogP contribution is 2.50. The van der Waals surface area contributed by atoms with Gasteiger partial charge in [-0.1, -0.05) is 6.58 Å². The van der Waals surface area contributed by atoms with Crippen LogP contribution in [-0.2, 0) is 11.0 Å². The van der Waals surface area contributed by atoms with Crippen LogP contribution in [0, 0.1) is 11.3 Å². The van der Waals surface area contributed by atoms with Crippen molar-refractivity contribution in [3.63, 3.8) is 0 Å². The smallest absolute Gasteiger partial charge is 0.419 e. The molecule has 1 amide bonds. The Balaban J connectivity index is 1.33. The molecule has 1 atom stereocenters. The van der Waals surface area contributed by atoms with E-state index < -0.39 is 29.1 Å². The molecule has 40 heavy (non-hydrogen) atoms. The van der Waals surface area contributed by atoms with Crippen LogP contribution in [0.4, 0.5) is 24.5 Å². The Morgan fingerprint density at radius 3 is 2.45 bits per heavy atom. The number of nitriles is 1. The van der Waals surface area contributed by atoms with E-state index in [1.807, 2.05) is 24.3 Å². The number of β-amino-alcohol motifs (C(OH)–C–C–N with tert-alkyl or cyclic N) is 1. The molecule has 3 fully saturated rings. The van der Waals surface area contributed by atoms with Crippen molar-refractivity contribution in [1.82, 2.24) is 9.88 Å². The van der Waals surface area contributed by atoms with Gasteiger partial charge in [-0.05, 0) is 62.4 Å². The Morgan fingerprint density at radius 2 is 1.90 bits per heavy atom. The van der Waals surface area contributed by atoms with E-state index in [0.717, 1.165) is 44.6 Å². The fourth-order valence-corrected chi connectivity index (χ4v) is 5.71. The summed E-state index contributed by atoms with van der Waals surface area (Å²) in [6, 6.07) is 9.52. The molecule has 0 bridgehead atoms. The largest absolute Gasteiger partial charge is 0.490 e. The fraction of sp³-hybridized carbons (Fsp3) is 0.464. The third-order valence-corrected chi connectivity index (χ3v) is 7.94. The van der Waals surface area contributed by atoms with Gasteiger partial charge in [0.05, 0.1) is 23.6 Å². The molecule has 1 aromatic heterocycles. The number of alkyl halides is 3. The summed E-state index contributed by atoms with van der Waals surface area (Å²) in [5.74, 6) is 0.534. The highest BCUT2D eigenvalue weighted by Gasteiger charge is 2.59. The number of carbonyl (C=O) groups is 1. The average molecular weight is 557 g/mol. The Labute approximate surface area is 230 Å². The molecule has 1 aromatic carbocycles. The Kier molecular flexibility index (Phi) is 7.48. The zero-order valence-electron chi connectivity index (χ0n) is 21.9. The second-order valence-electron chi connectivity index (χ2n) is 10.5. The van der Waals surface area contributed by atoms with Gasteiger partial charge in [0.1, 0.15) is 29.3 Å². The summed E-state index contributed by atoms with van der Waals surface area (Å²) in [4.78, 5) is 22.5. The maximum absolute atomic E-state index is 13.7. The van der Waals surface area contributed by atoms with Gasteiger partial charge in [0.2, 0.25) is 0 Å². The lowest BCUT2D eigenvalue weighted by Gasteiger charge is -2.43. The van der Waals surface area contributed by atoms with Crippen LogP contribution in [0.2, 0.25) is 0 Å². The standard InChI is InChI=1S/C28H31F3N6O3/c1-18-36(20-13-24(28(29,30)31)25(15-33)34-16-20)26(39)27(9-2-10-27)37(18)19-3-5-22(6-4-19)40-23-7-11-35(12-8-23)17-21(38)14-32/h3-6,13,16,21,23,38H,1-2,7-12,14,17,32H2. The molecule has 5 rings (SSSR count). The second-order valence-corrected chi connectivity index (χ2v) is 10.5. The van der Waals surface area contributed by atoms with E-state index in [9.17, 15) is 23.1 Å². The molecule has 212 valence electrons. The van der Waals surface area contributed by atoms with Gasteiger partial charge in [-0.25, -0.2) is 4.98 Å². The fourth-order valence-electron chi connectivity index (χ4n) is 5.71. The molecule has 1 unspecified atom stereocenters. The van der Waals surface area contributed by atoms with Gasteiger partial charge in [-0.3, -0.25) is 9.69 Å². The number of aliphatic hydroxyl groups excluding tert-OH is 1. The van der Waals surface area contributed by atoms with Gasteiger partial charge >= 0.3 is 6.18 Å². The first-order valence-corrected chi connectivity index (χ1v) is 13.3. The average Bonchev–Trinajstić information content (AvgIpc) is 3.16. The van der Waals surface area contributed by atoms with E-state index in [1.165, 1.54) is 11.0 Å². The quantitative estimate of drug-likeness (QED) is 0.533. The van der Waals surface area contributed by atoms with E-state index in [-0.39, 0.29) is 30.1 Å². The molecule has 2 aliphatic heterocycles. The Hall–Kier alpha value is -3.66. The zero-order valence-corrected chi connectivity index (χ0v) is 21.9. The normalized spacial score (nSPS) is 20.5. The predicted molar refractivity (Wildman–Crippen MR) is 141 cm³/mol. The van der Waals surface area contributed by atoms with Crippen LogP contribution in [0.3, 0.4) is 0 Å². The van der Waals surface area contributed by atoms with E-state index in [4.69, 9.17) is 15.7 Å². The van der Waals surface area contributed by atoms with Crippen LogP contribution in [0.1, 0.15) is 43.4 Å². The number of hydrogen-bond donors (Lipinski definition) is 2. The number of pyridine rings is 1. The Bertz CT molecular complexity index is 1310. The molecule has 3 N–H and O–H groups in total. The first kappa shape index (κ1) is 27.9. The topological polar surface area (TPSA) is 119 Å². The first-order valence-electron chi connectivity index (χ1n) is 13.3. The van der Waals surface area contributed by atoms with E-state index in [0.29, 0.717) is 30.8 Å². The minimum Gasteiger partial charge on any atom is -0.490 e. The number of amides is 1. The first-order chi connectivity index (χ1) is 19.1. The van der Waals surface area contributed by atoms with Gasteiger partial charge in [-0.15, -0.1) is 0 Å². The minimum atomic E-state index is -4.80. The van der Waals surface area contributed by atoms with Crippen molar-refractivity contribution in [2.75, 3.05) is 36.0 Å². The maximum atomic E-state index is 13.7. The van der Waals surface area contributed by atoms with Crippen molar-refractivity contribution in [3.05, 3.63) is 60.2 Å². The molecule has 2 aromatic rings. The molecule has 1 spiro atoms. The number of likely N-dealkylation sites (tertiary alicyclic amines) is 1. The summed E-state index contributed by atoms with van der Waals surface area (Å²) in [5, 5.41) is 18.9. The molecule has 0 radical (unpaired) electrons. The highest BCUT2D eigenvalue weighted by atomic mass is 19.4. The van der Waals surface area contributed by atoms with Gasteiger partial charge in [0, 0.05) is 31.9 Å². The number of carbonyl (C=O) groups excluding carboxylic acids is 1. The monoisotopic (exact) mass is 556 g/mol. The summed E-state index contributed by atoms with van der Waals surface area (Å²) in [5.41, 5.74) is 3.21. The van der Waals surface area contributed by atoms with Crippen molar-refractivity contribution < 1.29 is 27.8 Å². The lowest BCUT2D eigenvalue weighted by atomic mass is 9.75. The van der Waals surface area contributed by atoms with Crippen LogP contribution in [0.15, 0.2) is 48.9 Å². The van der Waals surface area contributed by atoms with Crippen molar-refractivity contribution in [3.8, 4) is 11.8 Å². The molecule has 9 nitrogen and oxygen atoms in total. The van der Waals surface area contributed by atoms with Crippen LogP contribution >= 0.6 is 0 Å². The van der Waals surface area contributed by atoms with Gasteiger partial charge in [0.25, 0.3) is 5.91 Å². The molecule has 2 saturated heterocycles. The van der Waals surface area contributed by atoms with Crippen molar-refractivity contribution in [1.29, 1.82) is 5.26 Å². The number of nitrogens with two attached hydrogens (primary N) is 1. The molecule has 12 heteroatoms. The van der Waals surface area contributed by atoms with Crippen LogP contribution < -0.4 is 20.3 Å². The predicted octanol–water partition coefficient (Wildman–Crippen LogP) is 3.38. The molecule has 1 saturated carbocycles. The summed E-state index contributed by atoms with van der Waals surface area (Å²) in [6.45, 7) is 6.46. The zero-order chi connectivity index (χ0) is 28.7. The maximum Gasteiger partial charge on any atom is 0.419 e. The number of aliphatic hydroxyl groups is 1. The number of hydrogen-bond acceptors (Lipinski definition) is 8. The summed E-state index contributed by atoms with van der Waals surface area (Å²) >= 11 is 0. The Morgan fingerprint density at radius 1 is 1.23 bits per heavy atom. The van der Waals surface area contributed by atoms with Gasteiger partial charge in [-0.2, -0.15) is 18.4 Å². The summed E-state index contributed by atoms with van der Waals surface area (Å²) in [7, 11) is 0. The number of aromatic nitrogens is 1. The molecule has 1 aliphatic carbocycles. The van der Waals surface area contributed by atoms with Gasteiger partial charge < -0.3 is 25.4 Å². The van der Waals surface area contributed by atoms with Gasteiger partial charge in [0.15, 0.2) is 5.69 Å². The SMILES string of the molecule is C=C1N(c2cnc(C#N)c(C(F)(F)F)c2)C(=O)C2(CCC2)N1c1ccc(OC2CCN(CC(O)CN)CC2)cc1. The number of benzene rings is 1. The molecular formula is C28H31F3N6O3. The van der Waals surface area contributed by atoms with E-state index in [1.54, 1.807) is 4.90 Å². The lowest BCUT2D eigenvalue weighted by molar-refractivity contribution is -0.138. The van der Waals surface area contributed by atoms with Crippen LogP contribution in [0.25, 0.3) is 0 Å². The minimum absolute atomic E-state index is 0.0284. The highest BCUT2D eigenvalue weighted by molar-refractivity contribution is 6.10. The van der Waals surface area contributed by atoms with E-state index >= 15 is 0 Å². The van der Waals surface area contributed by atoms with Crippen molar-refractivity contribution in [2.24, 2.45) is 5.73 Å². The lowest BCUT2D eigenvalue weighted by Crippen LogP contribution is -2.54. The molecule has 3 aliphatic rings. The summed E-state index contributed by atoms with van der Waals surface area (Å²) in [6.07, 6.45) is -0.714. The van der Waals surface area contributed by atoms with Crippen molar-refractivity contribution in [2.45, 2.75) is 56.0 Å². The number of nitrogens with zero attached hydrogens (tertiary/aromatic N) is 5. The molecule has 3 heterocycles. The third-order valence-electron chi connectivity index (χ3n) is 7.94. The molecular weight excluding hydrogens is 525 g/mol.